The molecule has 3 rings (SSSR count). The van der Waals surface area contributed by atoms with Crippen molar-refractivity contribution in [3.05, 3.63) is 48.2 Å². The summed E-state index contributed by atoms with van der Waals surface area (Å²) in [6.07, 6.45) is 4.05. The zero-order chi connectivity index (χ0) is 20.3. The maximum absolute atomic E-state index is 13.9. The number of hydrogen-bond donors (Lipinski definition) is 1. The number of aromatic nitrogens is 1. The highest BCUT2D eigenvalue weighted by Gasteiger charge is 2.33. The molecular weight excluding hydrogens is 408 g/mol. The molecule has 0 radical (unpaired) electrons. The Kier molecular flexibility index (Phi) is 6.31. The second kappa shape index (κ2) is 8.54. The second-order valence-electron chi connectivity index (χ2n) is 6.33. The first-order chi connectivity index (χ1) is 13.3. The van der Waals surface area contributed by atoms with Crippen LogP contribution in [-0.4, -0.2) is 43.0 Å². The van der Waals surface area contributed by atoms with Crippen molar-refractivity contribution in [2.24, 2.45) is 5.92 Å². The van der Waals surface area contributed by atoms with E-state index in [1.54, 1.807) is 18.3 Å². The maximum Gasteiger partial charge on any atom is 0.246 e. The number of thioether (sulfide) groups is 1. The Labute approximate surface area is 166 Å². The first-order valence-corrected chi connectivity index (χ1v) is 11.2. The lowest BCUT2D eigenvalue weighted by Gasteiger charge is -2.30. The Bertz CT molecular complexity index is 961. The number of sulfonamides is 1. The lowest BCUT2D eigenvalue weighted by molar-refractivity contribution is -0.120. The quantitative estimate of drug-likeness (QED) is 0.742. The normalized spacial score (nSPS) is 16.1. The van der Waals surface area contributed by atoms with Crippen LogP contribution in [0.3, 0.4) is 0 Å². The van der Waals surface area contributed by atoms with Crippen molar-refractivity contribution >= 4 is 33.4 Å². The molecule has 1 N–H and O–H groups in total. The number of carbonyl (C=O) groups excluding carboxylic acids is 1. The van der Waals surface area contributed by atoms with Gasteiger partial charge in [0.1, 0.15) is 16.5 Å². The van der Waals surface area contributed by atoms with E-state index in [0.717, 1.165) is 21.5 Å². The third-order valence-electron chi connectivity index (χ3n) is 4.55. The van der Waals surface area contributed by atoms with Crippen molar-refractivity contribution in [3.63, 3.8) is 0 Å². The molecule has 28 heavy (non-hydrogen) atoms. The second-order valence-corrected chi connectivity index (χ2v) is 9.06. The molecule has 1 aliphatic heterocycles. The molecule has 150 valence electrons. The summed E-state index contributed by atoms with van der Waals surface area (Å²) < 4.78 is 53.5. The number of piperidine rings is 1. The van der Waals surface area contributed by atoms with E-state index in [0.29, 0.717) is 24.6 Å². The molecule has 1 saturated heterocycles. The Morgan fingerprint density at radius 2 is 1.93 bits per heavy atom. The summed E-state index contributed by atoms with van der Waals surface area (Å²) in [5.41, 5.74) is 0.569. The van der Waals surface area contributed by atoms with Gasteiger partial charge < -0.3 is 5.32 Å². The third-order valence-corrected chi connectivity index (χ3v) is 7.12. The SMILES string of the molecule is CSc1ccc(NC(=O)C2CCN(S(=O)(=O)c3cc(F)ccc3F)CC2)cn1. The Hall–Kier alpha value is -2.04. The molecule has 0 atom stereocenters. The Morgan fingerprint density at radius 1 is 1.21 bits per heavy atom. The number of carbonyl (C=O) groups is 1. The number of anilines is 1. The van der Waals surface area contributed by atoms with Crippen molar-refractivity contribution < 1.29 is 22.0 Å². The van der Waals surface area contributed by atoms with Crippen LogP contribution in [0.15, 0.2) is 46.5 Å². The largest absolute Gasteiger partial charge is 0.324 e. The highest BCUT2D eigenvalue weighted by atomic mass is 32.2. The molecule has 1 fully saturated rings. The molecular formula is C18H19F2N3O3S2. The van der Waals surface area contributed by atoms with E-state index in [4.69, 9.17) is 0 Å². The highest BCUT2D eigenvalue weighted by molar-refractivity contribution is 7.98. The van der Waals surface area contributed by atoms with Crippen molar-refractivity contribution in [1.82, 2.24) is 9.29 Å². The molecule has 2 aromatic rings. The summed E-state index contributed by atoms with van der Waals surface area (Å²) >= 11 is 1.49. The van der Waals surface area contributed by atoms with Crippen LogP contribution in [0.5, 0.6) is 0 Å². The minimum Gasteiger partial charge on any atom is -0.324 e. The van der Waals surface area contributed by atoms with E-state index in [1.807, 2.05) is 6.26 Å². The van der Waals surface area contributed by atoms with E-state index in [9.17, 15) is 22.0 Å². The molecule has 0 aliphatic carbocycles. The fourth-order valence-corrected chi connectivity index (χ4v) is 4.90. The van der Waals surface area contributed by atoms with Gasteiger partial charge in [-0.2, -0.15) is 4.31 Å². The van der Waals surface area contributed by atoms with Crippen molar-refractivity contribution in [3.8, 4) is 0 Å². The van der Waals surface area contributed by atoms with E-state index in [-0.39, 0.29) is 24.9 Å². The molecule has 1 aromatic heterocycles. The van der Waals surface area contributed by atoms with Gasteiger partial charge in [-0.3, -0.25) is 4.79 Å². The Balaban J connectivity index is 1.63. The van der Waals surface area contributed by atoms with Gasteiger partial charge in [-0.05, 0) is 49.4 Å². The number of nitrogens with zero attached hydrogens (tertiary/aromatic N) is 2. The molecule has 1 amide bonds. The monoisotopic (exact) mass is 427 g/mol. The first kappa shape index (κ1) is 20.7. The van der Waals surface area contributed by atoms with Crippen LogP contribution < -0.4 is 5.32 Å². The number of halogens is 2. The van der Waals surface area contributed by atoms with E-state index < -0.39 is 26.6 Å². The van der Waals surface area contributed by atoms with Gasteiger partial charge >= 0.3 is 0 Å². The molecule has 0 saturated carbocycles. The standard InChI is InChI=1S/C18H19F2N3O3S2/c1-27-17-5-3-14(11-21-17)22-18(24)12-6-8-23(9-7-12)28(25,26)16-10-13(19)2-4-15(16)20/h2-5,10-12H,6-9H2,1H3,(H,22,24). The minimum atomic E-state index is -4.16. The molecule has 1 aromatic carbocycles. The van der Waals surface area contributed by atoms with Crippen LogP contribution in [0, 0.1) is 17.6 Å². The molecule has 0 spiro atoms. The van der Waals surface area contributed by atoms with Gasteiger partial charge in [0.15, 0.2) is 0 Å². The van der Waals surface area contributed by atoms with Crippen LogP contribution in [0.25, 0.3) is 0 Å². The summed E-state index contributed by atoms with van der Waals surface area (Å²) in [5.74, 6) is -2.41. The van der Waals surface area contributed by atoms with Gasteiger partial charge in [0.2, 0.25) is 15.9 Å². The highest BCUT2D eigenvalue weighted by Crippen LogP contribution is 2.26. The number of nitrogens with one attached hydrogen (secondary N) is 1. The zero-order valence-electron chi connectivity index (χ0n) is 15.1. The van der Waals surface area contributed by atoms with Gasteiger partial charge in [0.25, 0.3) is 0 Å². The van der Waals surface area contributed by atoms with Gasteiger partial charge in [-0.25, -0.2) is 22.2 Å². The predicted octanol–water partition coefficient (Wildman–Crippen LogP) is 3.12. The summed E-state index contributed by atoms with van der Waals surface area (Å²) in [6, 6.07) is 5.88. The van der Waals surface area contributed by atoms with Crippen LogP contribution in [0.4, 0.5) is 14.5 Å². The van der Waals surface area contributed by atoms with Gasteiger partial charge in [0, 0.05) is 19.0 Å². The molecule has 10 heteroatoms. The molecule has 6 nitrogen and oxygen atoms in total. The summed E-state index contributed by atoms with van der Waals surface area (Å²) in [5, 5.41) is 3.61. The number of hydrogen-bond acceptors (Lipinski definition) is 5. The van der Waals surface area contributed by atoms with Crippen molar-refractivity contribution in [1.29, 1.82) is 0 Å². The lowest BCUT2D eigenvalue weighted by Crippen LogP contribution is -2.41. The number of rotatable bonds is 5. The van der Waals surface area contributed by atoms with Gasteiger partial charge in [-0.15, -0.1) is 11.8 Å². The lowest BCUT2D eigenvalue weighted by atomic mass is 9.97. The fourth-order valence-electron chi connectivity index (χ4n) is 2.99. The van der Waals surface area contributed by atoms with E-state index >= 15 is 0 Å². The van der Waals surface area contributed by atoms with Gasteiger partial charge in [-0.1, -0.05) is 0 Å². The maximum atomic E-state index is 13.9. The minimum absolute atomic E-state index is 0.0556. The van der Waals surface area contributed by atoms with Crippen LogP contribution >= 0.6 is 11.8 Å². The van der Waals surface area contributed by atoms with Crippen LogP contribution in [0.1, 0.15) is 12.8 Å². The molecule has 0 unspecified atom stereocenters. The van der Waals surface area contributed by atoms with Crippen molar-refractivity contribution in [2.75, 3.05) is 24.7 Å². The smallest absolute Gasteiger partial charge is 0.246 e. The van der Waals surface area contributed by atoms with Gasteiger partial charge in [0.05, 0.1) is 16.9 Å². The number of pyridine rings is 1. The van der Waals surface area contributed by atoms with E-state index in [2.05, 4.69) is 10.3 Å². The summed E-state index contributed by atoms with van der Waals surface area (Å²) in [6.45, 7) is 0.111. The summed E-state index contributed by atoms with van der Waals surface area (Å²) in [7, 11) is -4.16. The fraction of sp³-hybridized carbons (Fsp3) is 0.333. The Morgan fingerprint density at radius 3 is 2.54 bits per heavy atom. The van der Waals surface area contributed by atoms with E-state index in [1.165, 1.54) is 11.8 Å². The number of benzene rings is 1. The number of amides is 1. The van der Waals surface area contributed by atoms with Crippen LogP contribution in [-0.2, 0) is 14.8 Å². The van der Waals surface area contributed by atoms with Crippen LogP contribution in [0.2, 0.25) is 0 Å². The predicted molar refractivity (Wildman–Crippen MR) is 102 cm³/mol. The van der Waals surface area contributed by atoms with Crippen molar-refractivity contribution in [2.45, 2.75) is 22.8 Å². The summed E-state index contributed by atoms with van der Waals surface area (Å²) in [4.78, 5) is 15.9. The first-order valence-electron chi connectivity index (χ1n) is 8.57. The molecule has 1 aliphatic rings. The molecule has 2 heterocycles. The molecule has 0 bridgehead atoms. The average Bonchev–Trinajstić information content (AvgIpc) is 2.70. The average molecular weight is 427 g/mol. The zero-order valence-corrected chi connectivity index (χ0v) is 16.7. The third kappa shape index (κ3) is 4.50. The topological polar surface area (TPSA) is 79.4 Å².